The van der Waals surface area contributed by atoms with E-state index < -0.39 is 0 Å². The van der Waals surface area contributed by atoms with E-state index in [2.05, 4.69) is 33.8 Å². The van der Waals surface area contributed by atoms with Crippen LogP contribution in [0.4, 0.5) is 0 Å². The van der Waals surface area contributed by atoms with Crippen LogP contribution in [0.3, 0.4) is 0 Å². The van der Waals surface area contributed by atoms with Crippen LogP contribution in [0.1, 0.15) is 91.9 Å². The summed E-state index contributed by atoms with van der Waals surface area (Å²) in [6.45, 7) is 9.80. The van der Waals surface area contributed by atoms with Crippen molar-refractivity contribution < 1.29 is 5.11 Å². The van der Waals surface area contributed by atoms with Gasteiger partial charge in [0.25, 0.3) is 0 Å². The van der Waals surface area contributed by atoms with Gasteiger partial charge in [0.05, 0.1) is 6.10 Å². The van der Waals surface area contributed by atoms with Gasteiger partial charge in [-0.2, -0.15) is 0 Å². The van der Waals surface area contributed by atoms with Crippen molar-refractivity contribution in [3.63, 3.8) is 0 Å². The summed E-state index contributed by atoms with van der Waals surface area (Å²) in [7, 11) is 0. The zero-order valence-corrected chi connectivity index (χ0v) is 17.1. The molecule has 0 amide bonds. The molecule has 2 unspecified atom stereocenters. The Balaban J connectivity index is 1.67. The first-order chi connectivity index (χ1) is 11.9. The van der Waals surface area contributed by atoms with Gasteiger partial charge < -0.3 is 5.11 Å². The highest BCUT2D eigenvalue weighted by molar-refractivity contribution is 5.29. The normalized spacial score (nSPS) is 50.4. The SMILES string of the molecule is CCC[C@@H](C)[C@H]1CC[C@H]2C3=CCC4CCCC[C@]4(C)[C@H]3CC(O)[C@]12C. The Morgan fingerprint density at radius 3 is 2.72 bits per heavy atom. The zero-order valence-electron chi connectivity index (χ0n) is 17.1. The highest BCUT2D eigenvalue weighted by Gasteiger charge is 2.61. The highest BCUT2D eigenvalue weighted by atomic mass is 16.3. The lowest BCUT2D eigenvalue weighted by molar-refractivity contribution is -0.0933. The van der Waals surface area contributed by atoms with Gasteiger partial charge in [-0.1, -0.05) is 65.0 Å². The maximum absolute atomic E-state index is 11.4. The number of aliphatic hydroxyl groups is 1. The van der Waals surface area contributed by atoms with Gasteiger partial charge in [-0.3, -0.25) is 0 Å². The van der Waals surface area contributed by atoms with E-state index in [4.69, 9.17) is 0 Å². The molecule has 3 saturated carbocycles. The third kappa shape index (κ3) is 2.51. The smallest absolute Gasteiger partial charge is 0.0608 e. The van der Waals surface area contributed by atoms with Crippen molar-refractivity contribution in [1.29, 1.82) is 0 Å². The number of aliphatic hydroxyl groups excluding tert-OH is 1. The number of rotatable bonds is 3. The average molecular weight is 345 g/mol. The van der Waals surface area contributed by atoms with Gasteiger partial charge in [-0.25, -0.2) is 0 Å². The van der Waals surface area contributed by atoms with Crippen LogP contribution < -0.4 is 0 Å². The fourth-order valence-electron chi connectivity index (χ4n) is 8.13. The van der Waals surface area contributed by atoms with Crippen molar-refractivity contribution in [3.05, 3.63) is 11.6 Å². The van der Waals surface area contributed by atoms with Crippen LogP contribution in [0.2, 0.25) is 0 Å². The third-order valence-electron chi connectivity index (χ3n) is 9.61. The maximum atomic E-state index is 11.4. The van der Waals surface area contributed by atoms with E-state index in [0.29, 0.717) is 23.2 Å². The van der Waals surface area contributed by atoms with E-state index >= 15 is 0 Å². The molecular formula is C24H40O. The Labute approximate surface area is 155 Å². The Bertz CT molecular complexity index is 536. The summed E-state index contributed by atoms with van der Waals surface area (Å²) in [6.07, 6.45) is 15.9. The minimum Gasteiger partial charge on any atom is -0.393 e. The van der Waals surface area contributed by atoms with Crippen molar-refractivity contribution in [2.45, 2.75) is 98.0 Å². The Kier molecular flexibility index (Phi) is 4.63. The largest absolute Gasteiger partial charge is 0.393 e. The standard InChI is InChI=1S/C24H40O/c1-5-8-16(2)19-12-13-20-18-11-10-17-9-6-7-14-23(17,3)21(18)15-22(25)24(19,20)4/h11,16-17,19-22,25H,5-10,12-15H2,1-4H3/t16-,17?,19-,20+,21+,22?,23+,24-/m1/s1. The fourth-order valence-corrected chi connectivity index (χ4v) is 8.13. The first kappa shape index (κ1) is 18.1. The van der Waals surface area contributed by atoms with Gasteiger partial charge in [-0.15, -0.1) is 0 Å². The molecule has 4 rings (SSSR count). The number of hydrogen-bond donors (Lipinski definition) is 1. The van der Waals surface area contributed by atoms with Gasteiger partial charge in [0.15, 0.2) is 0 Å². The molecule has 0 aliphatic heterocycles. The van der Waals surface area contributed by atoms with Gasteiger partial charge in [0, 0.05) is 5.41 Å². The van der Waals surface area contributed by atoms with Crippen molar-refractivity contribution in [2.24, 2.45) is 40.4 Å². The van der Waals surface area contributed by atoms with Crippen LogP contribution in [-0.2, 0) is 0 Å². The van der Waals surface area contributed by atoms with Gasteiger partial charge in [-0.05, 0) is 73.5 Å². The molecule has 0 heterocycles. The zero-order chi connectivity index (χ0) is 17.8. The minimum absolute atomic E-state index is 0.0936. The molecule has 1 heteroatoms. The second-order valence-corrected chi connectivity index (χ2v) is 10.6. The second-order valence-electron chi connectivity index (χ2n) is 10.6. The Morgan fingerprint density at radius 1 is 1.16 bits per heavy atom. The predicted molar refractivity (Wildman–Crippen MR) is 105 cm³/mol. The van der Waals surface area contributed by atoms with Crippen molar-refractivity contribution >= 4 is 0 Å². The van der Waals surface area contributed by atoms with E-state index in [-0.39, 0.29) is 11.5 Å². The number of allylic oxidation sites excluding steroid dienone is 2. The summed E-state index contributed by atoms with van der Waals surface area (Å²) >= 11 is 0. The molecule has 0 aromatic rings. The molecule has 0 saturated heterocycles. The van der Waals surface area contributed by atoms with Gasteiger partial charge in [0.1, 0.15) is 0 Å². The molecule has 0 radical (unpaired) electrons. The minimum atomic E-state index is -0.0936. The van der Waals surface area contributed by atoms with E-state index in [1.165, 1.54) is 57.8 Å². The summed E-state index contributed by atoms with van der Waals surface area (Å²) < 4.78 is 0. The van der Waals surface area contributed by atoms with E-state index in [1.807, 2.05) is 0 Å². The molecule has 0 aromatic heterocycles. The van der Waals surface area contributed by atoms with Crippen molar-refractivity contribution in [1.82, 2.24) is 0 Å². The van der Waals surface area contributed by atoms with E-state index in [9.17, 15) is 5.11 Å². The molecule has 0 aromatic carbocycles. The Hall–Kier alpha value is -0.300. The quantitative estimate of drug-likeness (QED) is 0.590. The molecule has 25 heavy (non-hydrogen) atoms. The third-order valence-corrected chi connectivity index (χ3v) is 9.61. The van der Waals surface area contributed by atoms with Crippen LogP contribution >= 0.6 is 0 Å². The fraction of sp³-hybridized carbons (Fsp3) is 0.917. The first-order valence-electron chi connectivity index (χ1n) is 11.3. The predicted octanol–water partition coefficient (Wildman–Crippen LogP) is 6.36. The summed E-state index contributed by atoms with van der Waals surface area (Å²) in [5, 5.41) is 11.4. The monoisotopic (exact) mass is 344 g/mol. The van der Waals surface area contributed by atoms with Crippen LogP contribution in [0, 0.1) is 40.4 Å². The lowest BCUT2D eigenvalue weighted by atomic mass is 9.47. The van der Waals surface area contributed by atoms with Crippen LogP contribution in [0.5, 0.6) is 0 Å². The van der Waals surface area contributed by atoms with Crippen molar-refractivity contribution in [3.8, 4) is 0 Å². The lowest BCUT2D eigenvalue weighted by Crippen LogP contribution is -2.54. The van der Waals surface area contributed by atoms with Crippen LogP contribution in [0.15, 0.2) is 11.6 Å². The van der Waals surface area contributed by atoms with E-state index in [1.54, 1.807) is 5.57 Å². The number of fused-ring (bicyclic) bond motifs is 5. The molecule has 142 valence electrons. The number of hydrogen-bond acceptors (Lipinski definition) is 1. The lowest BCUT2D eigenvalue weighted by Gasteiger charge is -2.58. The molecule has 1 N–H and O–H groups in total. The summed E-state index contributed by atoms with van der Waals surface area (Å²) in [5.74, 6) is 3.67. The molecular weight excluding hydrogens is 304 g/mol. The molecule has 3 fully saturated rings. The maximum Gasteiger partial charge on any atom is 0.0608 e. The van der Waals surface area contributed by atoms with E-state index in [0.717, 1.165) is 18.3 Å². The molecule has 4 aliphatic carbocycles. The molecule has 8 atom stereocenters. The molecule has 4 aliphatic rings. The molecule has 1 nitrogen and oxygen atoms in total. The molecule has 0 spiro atoms. The summed E-state index contributed by atoms with van der Waals surface area (Å²) in [4.78, 5) is 0. The summed E-state index contributed by atoms with van der Waals surface area (Å²) in [5.41, 5.74) is 2.40. The van der Waals surface area contributed by atoms with Crippen LogP contribution in [-0.4, -0.2) is 11.2 Å². The van der Waals surface area contributed by atoms with Gasteiger partial charge in [0.2, 0.25) is 0 Å². The summed E-state index contributed by atoms with van der Waals surface area (Å²) in [6, 6.07) is 0. The van der Waals surface area contributed by atoms with Crippen LogP contribution in [0.25, 0.3) is 0 Å². The highest BCUT2D eigenvalue weighted by Crippen LogP contribution is 2.66. The average Bonchev–Trinajstić information content (AvgIpc) is 2.94. The topological polar surface area (TPSA) is 20.2 Å². The first-order valence-corrected chi connectivity index (χ1v) is 11.3. The Morgan fingerprint density at radius 2 is 1.96 bits per heavy atom. The van der Waals surface area contributed by atoms with Crippen molar-refractivity contribution in [2.75, 3.05) is 0 Å². The second kappa shape index (κ2) is 6.39. The van der Waals surface area contributed by atoms with Gasteiger partial charge >= 0.3 is 0 Å². The molecule has 0 bridgehead atoms.